The third kappa shape index (κ3) is 5.74. The summed E-state index contributed by atoms with van der Waals surface area (Å²) in [6.45, 7) is 5.14. The molecule has 0 saturated heterocycles. The summed E-state index contributed by atoms with van der Waals surface area (Å²) in [5.74, 6) is -2.18. The van der Waals surface area contributed by atoms with Crippen LogP contribution in [-0.4, -0.2) is 28.1 Å². The number of rotatable bonds is 7. The molecule has 0 fully saturated rings. The summed E-state index contributed by atoms with van der Waals surface area (Å²) < 4.78 is 4.86. The molecule has 0 aliphatic heterocycles. The van der Waals surface area contributed by atoms with E-state index in [-0.39, 0.29) is 0 Å². The van der Waals surface area contributed by atoms with E-state index in [1.165, 1.54) is 6.92 Å². The van der Waals surface area contributed by atoms with Crippen LogP contribution in [-0.2, 0) is 9.53 Å². The fourth-order valence-corrected chi connectivity index (χ4v) is 1.22. The highest BCUT2D eigenvalue weighted by Gasteiger charge is 2.30. The monoisotopic (exact) mass is 218 g/mol. The molecule has 0 aromatic carbocycles. The summed E-state index contributed by atoms with van der Waals surface area (Å²) in [6, 6.07) is 0. The Morgan fingerprint density at radius 3 is 2.40 bits per heavy atom. The van der Waals surface area contributed by atoms with Gasteiger partial charge in [0.2, 0.25) is 5.79 Å². The molecule has 0 radical (unpaired) electrons. The predicted octanol–water partition coefficient (Wildman–Crippen LogP) is 1.59. The number of carbonyl (C=O) groups is 1. The Labute approximate surface area is 91.3 Å². The minimum Gasteiger partial charge on any atom is -0.431 e. The standard InChI is InChI=1S/C11H22O4/c1-4-6-7-8-11(14,5-2)15-10(13)9(3)12/h9,12,14H,4-8H2,1-3H3. The Balaban J connectivity index is 4.11. The second-order valence-corrected chi connectivity index (χ2v) is 3.85. The molecule has 0 aromatic heterocycles. The van der Waals surface area contributed by atoms with Gasteiger partial charge in [0.1, 0.15) is 6.10 Å². The van der Waals surface area contributed by atoms with Crippen LogP contribution >= 0.6 is 0 Å². The van der Waals surface area contributed by atoms with Crippen LogP contribution in [0.15, 0.2) is 0 Å². The van der Waals surface area contributed by atoms with Crippen LogP contribution in [0.4, 0.5) is 0 Å². The van der Waals surface area contributed by atoms with Crippen molar-refractivity contribution in [2.45, 2.75) is 64.8 Å². The van der Waals surface area contributed by atoms with E-state index in [1.807, 2.05) is 0 Å². The molecule has 0 heterocycles. The summed E-state index contributed by atoms with van der Waals surface area (Å²) in [7, 11) is 0. The number of aliphatic hydroxyl groups is 2. The Morgan fingerprint density at radius 2 is 2.00 bits per heavy atom. The van der Waals surface area contributed by atoms with E-state index in [1.54, 1.807) is 6.92 Å². The zero-order valence-electron chi connectivity index (χ0n) is 9.82. The molecule has 15 heavy (non-hydrogen) atoms. The minimum atomic E-state index is -1.41. The maximum atomic E-state index is 11.1. The van der Waals surface area contributed by atoms with Crippen molar-refractivity contribution in [3.63, 3.8) is 0 Å². The van der Waals surface area contributed by atoms with Crippen LogP contribution < -0.4 is 0 Å². The number of carbonyl (C=O) groups excluding carboxylic acids is 1. The number of hydrogen-bond acceptors (Lipinski definition) is 4. The van der Waals surface area contributed by atoms with Crippen LogP contribution in [0.5, 0.6) is 0 Å². The van der Waals surface area contributed by atoms with Crippen molar-refractivity contribution in [1.29, 1.82) is 0 Å². The molecule has 4 heteroatoms. The van der Waals surface area contributed by atoms with Crippen LogP contribution in [0.2, 0.25) is 0 Å². The van der Waals surface area contributed by atoms with Gasteiger partial charge in [-0.15, -0.1) is 0 Å². The third-order valence-electron chi connectivity index (χ3n) is 2.36. The van der Waals surface area contributed by atoms with Gasteiger partial charge in [0.05, 0.1) is 0 Å². The first kappa shape index (κ1) is 14.4. The number of esters is 1. The van der Waals surface area contributed by atoms with Gasteiger partial charge in [-0.2, -0.15) is 0 Å². The van der Waals surface area contributed by atoms with Crippen LogP contribution in [0, 0.1) is 0 Å². The summed E-state index contributed by atoms with van der Waals surface area (Å²) in [5, 5.41) is 18.9. The van der Waals surface area contributed by atoms with Crippen molar-refractivity contribution in [2.24, 2.45) is 0 Å². The molecule has 0 amide bonds. The number of hydrogen-bond donors (Lipinski definition) is 2. The molecular weight excluding hydrogens is 196 g/mol. The quantitative estimate of drug-likeness (QED) is 0.387. The third-order valence-corrected chi connectivity index (χ3v) is 2.36. The topological polar surface area (TPSA) is 66.8 Å². The van der Waals surface area contributed by atoms with Gasteiger partial charge in [0.25, 0.3) is 0 Å². The zero-order valence-corrected chi connectivity index (χ0v) is 9.82. The molecule has 0 spiro atoms. The van der Waals surface area contributed by atoms with Crippen molar-refractivity contribution in [3.05, 3.63) is 0 Å². The molecular formula is C11H22O4. The molecule has 0 saturated carbocycles. The van der Waals surface area contributed by atoms with Gasteiger partial charge in [0, 0.05) is 12.8 Å². The van der Waals surface area contributed by atoms with Gasteiger partial charge in [-0.3, -0.25) is 0 Å². The zero-order chi connectivity index (χ0) is 11.9. The normalized spacial score (nSPS) is 16.9. The van der Waals surface area contributed by atoms with Crippen molar-refractivity contribution in [1.82, 2.24) is 0 Å². The molecule has 2 N–H and O–H groups in total. The van der Waals surface area contributed by atoms with Gasteiger partial charge in [-0.25, -0.2) is 4.79 Å². The van der Waals surface area contributed by atoms with Crippen molar-refractivity contribution in [3.8, 4) is 0 Å². The summed E-state index contributed by atoms with van der Waals surface area (Å²) in [6.07, 6.45) is 2.44. The van der Waals surface area contributed by atoms with E-state index < -0.39 is 17.9 Å². The first-order chi connectivity index (χ1) is 6.95. The minimum absolute atomic E-state index is 0.342. The van der Waals surface area contributed by atoms with Crippen LogP contribution in [0.3, 0.4) is 0 Å². The first-order valence-corrected chi connectivity index (χ1v) is 5.58. The molecule has 0 rings (SSSR count). The molecule has 90 valence electrons. The van der Waals surface area contributed by atoms with E-state index >= 15 is 0 Å². The Morgan fingerprint density at radius 1 is 1.40 bits per heavy atom. The number of aliphatic hydroxyl groups excluding tert-OH is 1. The molecule has 2 atom stereocenters. The second-order valence-electron chi connectivity index (χ2n) is 3.85. The average molecular weight is 218 g/mol. The van der Waals surface area contributed by atoms with E-state index in [0.717, 1.165) is 19.3 Å². The maximum absolute atomic E-state index is 11.1. The van der Waals surface area contributed by atoms with E-state index in [0.29, 0.717) is 12.8 Å². The lowest BCUT2D eigenvalue weighted by atomic mass is 10.1. The van der Waals surface area contributed by atoms with Gasteiger partial charge in [-0.1, -0.05) is 26.7 Å². The molecule has 0 aliphatic carbocycles. The van der Waals surface area contributed by atoms with E-state index in [9.17, 15) is 9.90 Å². The SMILES string of the molecule is CCCCCC(O)(CC)OC(=O)C(C)O. The second kappa shape index (κ2) is 6.80. The largest absolute Gasteiger partial charge is 0.431 e. The van der Waals surface area contributed by atoms with Crippen molar-refractivity contribution >= 4 is 5.97 Å². The lowest BCUT2D eigenvalue weighted by Crippen LogP contribution is -2.37. The Hall–Kier alpha value is -0.610. The smallest absolute Gasteiger partial charge is 0.337 e. The first-order valence-electron chi connectivity index (χ1n) is 5.58. The van der Waals surface area contributed by atoms with Gasteiger partial charge in [0.15, 0.2) is 0 Å². The van der Waals surface area contributed by atoms with Gasteiger partial charge in [-0.05, 0) is 13.3 Å². The summed E-state index contributed by atoms with van der Waals surface area (Å²) in [5.41, 5.74) is 0. The average Bonchev–Trinajstić information content (AvgIpc) is 2.18. The summed E-state index contributed by atoms with van der Waals surface area (Å²) >= 11 is 0. The fourth-order valence-electron chi connectivity index (χ4n) is 1.22. The fraction of sp³-hybridized carbons (Fsp3) is 0.909. The van der Waals surface area contributed by atoms with Crippen LogP contribution in [0.25, 0.3) is 0 Å². The van der Waals surface area contributed by atoms with Gasteiger partial charge >= 0.3 is 5.97 Å². The lowest BCUT2D eigenvalue weighted by molar-refractivity contribution is -0.220. The molecule has 0 bridgehead atoms. The highest BCUT2D eigenvalue weighted by atomic mass is 16.7. The van der Waals surface area contributed by atoms with E-state index in [4.69, 9.17) is 9.84 Å². The predicted molar refractivity (Wildman–Crippen MR) is 57.2 cm³/mol. The number of unbranched alkanes of at least 4 members (excludes halogenated alkanes) is 2. The van der Waals surface area contributed by atoms with Crippen LogP contribution in [0.1, 0.15) is 52.9 Å². The van der Waals surface area contributed by atoms with E-state index in [2.05, 4.69) is 6.92 Å². The summed E-state index contributed by atoms with van der Waals surface area (Å²) in [4.78, 5) is 11.1. The van der Waals surface area contributed by atoms with Crippen molar-refractivity contribution < 1.29 is 19.7 Å². The highest BCUT2D eigenvalue weighted by Crippen LogP contribution is 2.21. The molecule has 0 aliphatic rings. The Kier molecular flexibility index (Phi) is 6.52. The number of ether oxygens (including phenoxy) is 1. The van der Waals surface area contributed by atoms with Crippen molar-refractivity contribution in [2.75, 3.05) is 0 Å². The van der Waals surface area contributed by atoms with Gasteiger partial charge < -0.3 is 14.9 Å². The molecule has 0 aromatic rings. The highest BCUT2D eigenvalue weighted by molar-refractivity contribution is 5.74. The molecule has 2 unspecified atom stereocenters. The Bertz CT molecular complexity index is 191. The molecule has 4 nitrogen and oxygen atoms in total. The maximum Gasteiger partial charge on any atom is 0.337 e. The lowest BCUT2D eigenvalue weighted by Gasteiger charge is -2.27.